The molecule has 1 aromatic heterocycles. The van der Waals surface area contributed by atoms with E-state index in [0.29, 0.717) is 18.4 Å². The van der Waals surface area contributed by atoms with Crippen LogP contribution in [-0.2, 0) is 17.4 Å². The first kappa shape index (κ1) is 30.3. The van der Waals surface area contributed by atoms with Crippen LogP contribution in [0.2, 0.25) is 0 Å². The van der Waals surface area contributed by atoms with Crippen molar-refractivity contribution in [2.75, 3.05) is 6.54 Å². The van der Waals surface area contributed by atoms with Crippen LogP contribution < -0.4 is 5.32 Å². The summed E-state index contributed by atoms with van der Waals surface area (Å²) >= 11 is 0. The largest absolute Gasteiger partial charge is 0.418 e. The molecule has 4 nitrogen and oxygen atoms in total. The fraction of sp³-hybridized carbons (Fsp3) is 0.645. The zero-order valence-corrected chi connectivity index (χ0v) is 24.3. The molecule has 0 bridgehead atoms. The molecule has 1 heterocycles. The van der Waals surface area contributed by atoms with Crippen LogP contribution in [0, 0.1) is 12.8 Å². The van der Waals surface area contributed by atoms with Gasteiger partial charge >= 0.3 is 6.18 Å². The molecule has 1 aliphatic carbocycles. The van der Waals surface area contributed by atoms with Crippen LogP contribution in [0.15, 0.2) is 24.3 Å². The third-order valence-corrected chi connectivity index (χ3v) is 7.94. The molecule has 1 aliphatic rings. The monoisotopic (exact) mass is 534 g/mol. The maximum Gasteiger partial charge on any atom is 0.418 e. The molecule has 1 atom stereocenters. The Kier molecular flexibility index (Phi) is 8.53. The molecule has 2 aromatic rings. The van der Waals surface area contributed by atoms with E-state index in [0.717, 1.165) is 36.3 Å². The minimum absolute atomic E-state index is 0.0881. The Bertz CT molecular complexity index is 1110. The molecule has 7 heteroatoms. The van der Waals surface area contributed by atoms with Crippen LogP contribution in [0.4, 0.5) is 13.2 Å². The van der Waals surface area contributed by atoms with E-state index in [1.165, 1.54) is 30.4 Å². The van der Waals surface area contributed by atoms with E-state index in [1.54, 1.807) is 0 Å². The second-order valence-corrected chi connectivity index (χ2v) is 13.4. The minimum atomic E-state index is -4.84. The van der Waals surface area contributed by atoms with Crippen LogP contribution in [0.1, 0.15) is 108 Å². The van der Waals surface area contributed by atoms with E-state index in [2.05, 4.69) is 69.6 Å². The van der Waals surface area contributed by atoms with Crippen molar-refractivity contribution in [1.82, 2.24) is 9.88 Å². The lowest BCUT2D eigenvalue weighted by atomic mass is 9.79. The van der Waals surface area contributed by atoms with E-state index >= 15 is 0 Å². The van der Waals surface area contributed by atoms with Crippen molar-refractivity contribution in [2.24, 2.45) is 5.92 Å². The van der Waals surface area contributed by atoms with Gasteiger partial charge in [-0.3, -0.25) is 4.79 Å². The summed E-state index contributed by atoms with van der Waals surface area (Å²) in [5, 5.41) is 12.2. The number of nitrogens with zero attached hydrogens (tertiary/aromatic N) is 1. The third kappa shape index (κ3) is 6.83. The second-order valence-electron chi connectivity index (χ2n) is 13.4. The fourth-order valence-corrected chi connectivity index (χ4v) is 5.07. The van der Waals surface area contributed by atoms with Crippen LogP contribution in [-0.4, -0.2) is 33.9 Å². The van der Waals surface area contributed by atoms with Gasteiger partial charge in [-0.1, -0.05) is 66.9 Å². The molecule has 2 N–H and O–H groups in total. The molecule has 3 rings (SSSR count). The van der Waals surface area contributed by atoms with Crippen molar-refractivity contribution >= 4 is 5.91 Å². The zero-order valence-electron chi connectivity index (χ0n) is 24.3. The number of carbonyl (C=O) groups excluding carboxylic acids is 1. The van der Waals surface area contributed by atoms with Gasteiger partial charge in [0.2, 0.25) is 0 Å². The van der Waals surface area contributed by atoms with Gasteiger partial charge in [0.15, 0.2) is 5.60 Å². The third-order valence-electron chi connectivity index (χ3n) is 7.94. The first-order valence-corrected chi connectivity index (χ1v) is 13.7. The van der Waals surface area contributed by atoms with Crippen LogP contribution in [0.5, 0.6) is 0 Å². The van der Waals surface area contributed by atoms with Crippen molar-refractivity contribution in [1.29, 1.82) is 0 Å². The maximum absolute atomic E-state index is 13.2. The van der Waals surface area contributed by atoms with Crippen LogP contribution in [0.25, 0.3) is 11.3 Å². The predicted molar refractivity (Wildman–Crippen MR) is 148 cm³/mol. The first-order chi connectivity index (χ1) is 17.3. The fourth-order valence-electron chi connectivity index (χ4n) is 5.07. The molecule has 0 radical (unpaired) electrons. The molecule has 0 saturated heterocycles. The molecule has 38 heavy (non-hydrogen) atoms. The first-order valence-electron chi connectivity index (χ1n) is 13.7. The maximum atomic E-state index is 13.2. The lowest BCUT2D eigenvalue weighted by Crippen LogP contribution is -2.51. The number of alkyl halides is 3. The van der Waals surface area contributed by atoms with Gasteiger partial charge < -0.3 is 15.0 Å². The SMILES string of the molecule is Cc1c(C(=O)NCC(C)(O)C(F)(F)F)cc(-c2cc(C(C)(C)C)cc(C(C)(C)C)c2)n1CC1CCCCC1. The standard InChI is InChI=1S/C31H45F3N2O2/c1-20-25(27(37)35-19-30(8,38)31(32,33)34)17-26(36(20)18-21-12-10-9-11-13-21)22-14-23(28(2,3)4)16-24(15-22)29(5,6)7/h14-17,21,38H,9-13,18-19H2,1-8H3,(H,35,37). The molecule has 1 fully saturated rings. The number of carbonyl (C=O) groups is 1. The van der Waals surface area contributed by atoms with Gasteiger partial charge in [0.25, 0.3) is 5.91 Å². The Morgan fingerprint density at radius 3 is 1.92 bits per heavy atom. The smallest absolute Gasteiger partial charge is 0.379 e. The zero-order chi connectivity index (χ0) is 28.7. The van der Waals surface area contributed by atoms with E-state index in [9.17, 15) is 23.1 Å². The van der Waals surface area contributed by atoms with Gasteiger partial charge in [-0.2, -0.15) is 13.2 Å². The van der Waals surface area contributed by atoms with E-state index in [1.807, 2.05) is 13.0 Å². The number of amides is 1. The van der Waals surface area contributed by atoms with Crippen molar-refractivity contribution in [2.45, 2.75) is 117 Å². The van der Waals surface area contributed by atoms with E-state index in [-0.39, 0.29) is 10.8 Å². The highest BCUT2D eigenvalue weighted by Gasteiger charge is 2.50. The van der Waals surface area contributed by atoms with Crippen molar-refractivity contribution in [3.05, 3.63) is 46.6 Å². The molecule has 1 aromatic carbocycles. The molecule has 0 spiro atoms. The van der Waals surface area contributed by atoms with Gasteiger partial charge in [0.1, 0.15) is 0 Å². The summed E-state index contributed by atoms with van der Waals surface area (Å²) in [5.74, 6) is -0.123. The number of aliphatic hydroxyl groups is 1. The summed E-state index contributed by atoms with van der Waals surface area (Å²) in [4.78, 5) is 13.2. The second kappa shape index (κ2) is 10.7. The van der Waals surface area contributed by atoms with Gasteiger partial charge in [0, 0.05) is 17.9 Å². The topological polar surface area (TPSA) is 54.3 Å². The van der Waals surface area contributed by atoms with Gasteiger partial charge in [-0.05, 0) is 78.3 Å². The molecule has 212 valence electrons. The highest BCUT2D eigenvalue weighted by molar-refractivity contribution is 5.97. The molecule has 1 saturated carbocycles. The summed E-state index contributed by atoms with van der Waals surface area (Å²) in [6.07, 6.45) is 1.03. The average Bonchev–Trinajstić information content (AvgIpc) is 3.12. The number of benzene rings is 1. The van der Waals surface area contributed by atoms with Gasteiger partial charge in [-0.25, -0.2) is 0 Å². The Hall–Kier alpha value is -2.28. The molecule has 1 unspecified atom stereocenters. The minimum Gasteiger partial charge on any atom is -0.379 e. The number of hydrogen-bond acceptors (Lipinski definition) is 2. The molecule has 0 aliphatic heterocycles. The lowest BCUT2D eigenvalue weighted by molar-refractivity contribution is -0.249. The van der Waals surface area contributed by atoms with Crippen molar-refractivity contribution in [3.8, 4) is 11.3 Å². The highest BCUT2D eigenvalue weighted by atomic mass is 19.4. The van der Waals surface area contributed by atoms with Gasteiger partial charge in [0.05, 0.1) is 12.1 Å². The van der Waals surface area contributed by atoms with Crippen molar-refractivity contribution < 1.29 is 23.1 Å². The summed E-state index contributed by atoms with van der Waals surface area (Å²) in [7, 11) is 0. The normalized spacial score (nSPS) is 17.4. The number of nitrogens with one attached hydrogen (secondary N) is 1. The summed E-state index contributed by atoms with van der Waals surface area (Å²) < 4.78 is 41.7. The van der Waals surface area contributed by atoms with Gasteiger partial charge in [-0.15, -0.1) is 0 Å². The van der Waals surface area contributed by atoms with E-state index < -0.39 is 24.2 Å². The summed E-state index contributed by atoms with van der Waals surface area (Å²) in [5.41, 5.74) is 2.17. The molecular formula is C31H45F3N2O2. The number of aromatic nitrogens is 1. The Labute approximate surface area is 226 Å². The van der Waals surface area contributed by atoms with E-state index in [4.69, 9.17) is 0 Å². The Morgan fingerprint density at radius 2 is 1.45 bits per heavy atom. The van der Waals surface area contributed by atoms with Crippen molar-refractivity contribution in [3.63, 3.8) is 0 Å². The quantitative estimate of drug-likeness (QED) is 0.399. The van der Waals surface area contributed by atoms with Crippen LogP contribution in [0.3, 0.4) is 0 Å². The van der Waals surface area contributed by atoms with Crippen LogP contribution >= 0.6 is 0 Å². The average molecular weight is 535 g/mol. The predicted octanol–water partition coefficient (Wildman–Crippen LogP) is 7.68. The molecular weight excluding hydrogens is 489 g/mol. The lowest BCUT2D eigenvalue weighted by Gasteiger charge is -2.27. The Balaban J connectivity index is 2.11. The summed E-state index contributed by atoms with van der Waals surface area (Å²) in [6.45, 7) is 15.4. The number of hydrogen-bond donors (Lipinski definition) is 2. The molecule has 1 amide bonds. The Morgan fingerprint density at radius 1 is 0.921 bits per heavy atom. The number of halogens is 3. The number of rotatable bonds is 6. The highest BCUT2D eigenvalue weighted by Crippen LogP contribution is 2.37. The summed E-state index contributed by atoms with van der Waals surface area (Å²) in [6, 6.07) is 8.41.